The molecule has 0 saturated carbocycles. The lowest BCUT2D eigenvalue weighted by molar-refractivity contribution is -0.141. The zero-order valence-corrected chi connectivity index (χ0v) is 10.6. The monoisotopic (exact) mass is 299 g/mol. The van der Waals surface area contributed by atoms with Gasteiger partial charge in [-0.25, -0.2) is 14.3 Å². The highest BCUT2D eigenvalue weighted by Gasteiger charge is 2.32. The Bertz CT molecular complexity index is 803. The summed E-state index contributed by atoms with van der Waals surface area (Å²) in [6.45, 7) is 1.13. The van der Waals surface area contributed by atoms with E-state index in [0.29, 0.717) is 10.6 Å². The first kappa shape index (κ1) is 14.7. The summed E-state index contributed by atoms with van der Waals surface area (Å²) in [5.41, 5.74) is -3.41. The van der Waals surface area contributed by atoms with Crippen molar-refractivity contribution in [3.05, 3.63) is 56.6 Å². The third-order valence-corrected chi connectivity index (χ3v) is 2.65. The number of pyridine rings is 1. The van der Waals surface area contributed by atoms with E-state index in [-0.39, 0.29) is 11.3 Å². The largest absolute Gasteiger partial charge is 0.433 e. The van der Waals surface area contributed by atoms with Crippen molar-refractivity contribution in [3.8, 4) is 5.69 Å². The Balaban J connectivity index is 2.63. The molecule has 0 bridgehead atoms. The van der Waals surface area contributed by atoms with Crippen molar-refractivity contribution in [3.63, 3.8) is 0 Å². The van der Waals surface area contributed by atoms with Gasteiger partial charge in [-0.3, -0.25) is 9.59 Å². The van der Waals surface area contributed by atoms with E-state index >= 15 is 0 Å². The van der Waals surface area contributed by atoms with Gasteiger partial charge in [0, 0.05) is 6.20 Å². The van der Waals surface area contributed by atoms with E-state index in [1.807, 2.05) is 0 Å². The van der Waals surface area contributed by atoms with Crippen LogP contribution in [0.1, 0.15) is 23.0 Å². The Kier molecular flexibility index (Phi) is 3.50. The number of halogens is 3. The standard InChI is InChI=1S/C12H8F3N3O3/c1-6(19)8-5-17-11(21)18(10(8)20)7-2-3-9(16-4-7)12(13,14)15/h2-5H,1H3,(H,17,21). The Labute approximate surface area is 114 Å². The molecule has 0 saturated heterocycles. The number of hydrogen-bond donors (Lipinski definition) is 1. The molecule has 6 nitrogen and oxygen atoms in total. The molecule has 2 aromatic rings. The highest BCUT2D eigenvalue weighted by molar-refractivity contribution is 5.93. The van der Waals surface area contributed by atoms with Gasteiger partial charge < -0.3 is 4.98 Å². The van der Waals surface area contributed by atoms with Crippen molar-refractivity contribution in [2.75, 3.05) is 0 Å². The van der Waals surface area contributed by atoms with Gasteiger partial charge in [0.05, 0.1) is 17.4 Å². The molecule has 2 rings (SSSR count). The Hall–Kier alpha value is -2.71. The summed E-state index contributed by atoms with van der Waals surface area (Å²) in [7, 11) is 0. The van der Waals surface area contributed by atoms with Crippen LogP contribution in [-0.4, -0.2) is 20.3 Å². The normalized spacial score (nSPS) is 11.4. The molecule has 2 heterocycles. The zero-order valence-electron chi connectivity index (χ0n) is 10.6. The zero-order chi connectivity index (χ0) is 15.8. The van der Waals surface area contributed by atoms with Gasteiger partial charge in [0.25, 0.3) is 5.56 Å². The molecule has 9 heteroatoms. The number of alkyl halides is 3. The Morgan fingerprint density at radius 2 is 1.95 bits per heavy atom. The van der Waals surface area contributed by atoms with Crippen LogP contribution in [0.3, 0.4) is 0 Å². The van der Waals surface area contributed by atoms with E-state index in [1.54, 1.807) is 0 Å². The van der Waals surface area contributed by atoms with Gasteiger partial charge in [0.2, 0.25) is 0 Å². The smallest absolute Gasteiger partial charge is 0.313 e. The van der Waals surface area contributed by atoms with E-state index in [1.165, 1.54) is 0 Å². The number of nitrogens with one attached hydrogen (secondary N) is 1. The highest BCUT2D eigenvalue weighted by Crippen LogP contribution is 2.27. The van der Waals surface area contributed by atoms with Crippen LogP contribution in [0.4, 0.5) is 13.2 Å². The second-order valence-electron chi connectivity index (χ2n) is 4.10. The number of aromatic amines is 1. The summed E-state index contributed by atoms with van der Waals surface area (Å²) in [5.74, 6) is -0.579. The molecule has 0 aliphatic heterocycles. The van der Waals surface area contributed by atoms with Gasteiger partial charge in [-0.2, -0.15) is 13.2 Å². The Morgan fingerprint density at radius 3 is 2.43 bits per heavy atom. The van der Waals surface area contributed by atoms with Crippen LogP contribution in [0.25, 0.3) is 5.69 Å². The van der Waals surface area contributed by atoms with E-state index in [0.717, 1.165) is 25.4 Å². The van der Waals surface area contributed by atoms with Gasteiger partial charge in [-0.05, 0) is 19.1 Å². The molecule has 21 heavy (non-hydrogen) atoms. The average Bonchev–Trinajstić information content (AvgIpc) is 2.38. The lowest BCUT2D eigenvalue weighted by atomic mass is 10.2. The number of carbonyl (C=O) groups is 1. The van der Waals surface area contributed by atoms with E-state index in [4.69, 9.17) is 0 Å². The summed E-state index contributed by atoms with van der Waals surface area (Å²) in [4.78, 5) is 40.2. The molecule has 2 aromatic heterocycles. The predicted octanol–water partition coefficient (Wildman–Crippen LogP) is 1.14. The molecule has 0 fully saturated rings. The fraction of sp³-hybridized carbons (Fsp3) is 0.167. The number of carbonyl (C=O) groups excluding carboxylic acids is 1. The first-order valence-corrected chi connectivity index (χ1v) is 5.61. The first-order chi connectivity index (χ1) is 9.71. The second kappa shape index (κ2) is 5.00. The summed E-state index contributed by atoms with van der Waals surface area (Å²) in [5, 5.41) is 0. The van der Waals surface area contributed by atoms with E-state index < -0.39 is 28.9 Å². The third-order valence-electron chi connectivity index (χ3n) is 2.65. The number of Topliss-reactive ketones (excluding diaryl/α,β-unsaturated/α-hetero) is 1. The third kappa shape index (κ3) is 2.76. The molecule has 0 amide bonds. The SMILES string of the molecule is CC(=O)c1c[nH]c(=O)n(-c2ccc(C(F)(F)F)nc2)c1=O. The lowest BCUT2D eigenvalue weighted by Crippen LogP contribution is -2.36. The van der Waals surface area contributed by atoms with Crippen LogP contribution >= 0.6 is 0 Å². The number of rotatable bonds is 2. The minimum absolute atomic E-state index is 0.169. The molecule has 0 atom stereocenters. The molecule has 1 N–H and O–H groups in total. The fourth-order valence-electron chi connectivity index (χ4n) is 1.65. The van der Waals surface area contributed by atoms with E-state index in [2.05, 4.69) is 9.97 Å². The second-order valence-corrected chi connectivity index (χ2v) is 4.10. The first-order valence-electron chi connectivity index (χ1n) is 5.61. The molecule has 110 valence electrons. The molecule has 0 aliphatic rings. The molecular formula is C12H8F3N3O3. The number of H-pyrrole nitrogens is 1. The fourth-order valence-corrected chi connectivity index (χ4v) is 1.65. The topological polar surface area (TPSA) is 84.8 Å². The maximum Gasteiger partial charge on any atom is 0.433 e. The minimum atomic E-state index is -4.63. The van der Waals surface area contributed by atoms with Crippen molar-refractivity contribution in [2.24, 2.45) is 0 Å². The summed E-state index contributed by atoms with van der Waals surface area (Å²) in [6.07, 6.45) is -2.93. The van der Waals surface area contributed by atoms with Gasteiger partial charge in [0.1, 0.15) is 5.69 Å². The maximum atomic E-state index is 12.4. The predicted molar refractivity (Wildman–Crippen MR) is 65.5 cm³/mol. The van der Waals surface area contributed by atoms with Crippen molar-refractivity contribution in [1.82, 2.24) is 14.5 Å². The number of ketones is 1. The summed E-state index contributed by atoms with van der Waals surface area (Å²) < 4.78 is 37.8. The quantitative estimate of drug-likeness (QED) is 0.843. The van der Waals surface area contributed by atoms with Gasteiger partial charge in [-0.1, -0.05) is 0 Å². The maximum absolute atomic E-state index is 12.4. The van der Waals surface area contributed by atoms with Crippen LogP contribution in [-0.2, 0) is 6.18 Å². The van der Waals surface area contributed by atoms with Gasteiger partial charge in [0.15, 0.2) is 5.78 Å². The number of hydrogen-bond acceptors (Lipinski definition) is 4. The number of nitrogens with zero attached hydrogens (tertiary/aromatic N) is 2. The molecule has 0 aromatic carbocycles. The van der Waals surface area contributed by atoms with Crippen molar-refractivity contribution >= 4 is 5.78 Å². The van der Waals surface area contributed by atoms with Crippen LogP contribution < -0.4 is 11.2 Å². The van der Waals surface area contributed by atoms with Gasteiger partial charge >= 0.3 is 11.9 Å². The van der Waals surface area contributed by atoms with Crippen LogP contribution in [0.15, 0.2) is 34.1 Å². The van der Waals surface area contributed by atoms with Gasteiger partial charge in [-0.15, -0.1) is 0 Å². The van der Waals surface area contributed by atoms with Crippen molar-refractivity contribution in [2.45, 2.75) is 13.1 Å². The van der Waals surface area contributed by atoms with Crippen molar-refractivity contribution < 1.29 is 18.0 Å². The molecule has 0 radical (unpaired) electrons. The Morgan fingerprint density at radius 1 is 1.29 bits per heavy atom. The van der Waals surface area contributed by atoms with Crippen molar-refractivity contribution in [1.29, 1.82) is 0 Å². The number of aromatic nitrogens is 3. The molecular weight excluding hydrogens is 291 g/mol. The summed E-state index contributed by atoms with van der Waals surface area (Å²) >= 11 is 0. The minimum Gasteiger partial charge on any atom is -0.313 e. The molecule has 0 unspecified atom stereocenters. The lowest BCUT2D eigenvalue weighted by Gasteiger charge is -2.08. The van der Waals surface area contributed by atoms with Crippen LogP contribution in [0, 0.1) is 0 Å². The van der Waals surface area contributed by atoms with E-state index in [9.17, 15) is 27.6 Å². The van der Waals surface area contributed by atoms with Crippen LogP contribution in [0.2, 0.25) is 0 Å². The van der Waals surface area contributed by atoms with Crippen LogP contribution in [0.5, 0.6) is 0 Å². The molecule has 0 spiro atoms. The summed E-state index contributed by atoms with van der Waals surface area (Å²) in [6, 6.07) is 1.57. The highest BCUT2D eigenvalue weighted by atomic mass is 19.4. The average molecular weight is 299 g/mol. The molecule has 0 aliphatic carbocycles.